The number of nitrogens with one attached hydrogen (secondary N) is 1. The molecule has 3 aromatic carbocycles. The molecule has 7 heteroatoms. The van der Waals surface area contributed by atoms with Crippen molar-refractivity contribution < 1.29 is 17.6 Å². The smallest absolute Gasteiger partial charge is 0.264 e. The Kier molecular flexibility index (Phi) is 5.98. The van der Waals surface area contributed by atoms with E-state index in [1.54, 1.807) is 30.3 Å². The van der Waals surface area contributed by atoms with Gasteiger partial charge in [0.05, 0.1) is 10.6 Å². The van der Waals surface area contributed by atoms with Crippen LogP contribution in [0, 0.1) is 19.7 Å². The minimum Gasteiger partial charge on any atom is -0.324 e. The van der Waals surface area contributed by atoms with E-state index < -0.39 is 28.3 Å². The quantitative estimate of drug-likeness (QED) is 0.657. The van der Waals surface area contributed by atoms with Crippen molar-refractivity contribution in [2.75, 3.05) is 16.2 Å². The first-order valence-corrected chi connectivity index (χ1v) is 10.4. The largest absolute Gasteiger partial charge is 0.324 e. The third-order valence-corrected chi connectivity index (χ3v) is 6.03. The lowest BCUT2D eigenvalue weighted by Gasteiger charge is -2.24. The molecule has 29 heavy (non-hydrogen) atoms. The molecule has 0 aliphatic heterocycles. The van der Waals surface area contributed by atoms with Gasteiger partial charge >= 0.3 is 0 Å². The third kappa shape index (κ3) is 5.00. The number of carbonyl (C=O) groups is 1. The molecule has 0 spiro atoms. The summed E-state index contributed by atoms with van der Waals surface area (Å²) >= 11 is 0. The molecular formula is C22H21FN2O3S. The van der Waals surface area contributed by atoms with E-state index in [1.807, 2.05) is 19.9 Å². The van der Waals surface area contributed by atoms with Crippen LogP contribution in [0.4, 0.5) is 15.8 Å². The van der Waals surface area contributed by atoms with E-state index in [0.29, 0.717) is 5.69 Å². The number of rotatable bonds is 6. The number of carbonyl (C=O) groups excluding carboxylic acids is 1. The number of amides is 1. The molecular weight excluding hydrogens is 391 g/mol. The lowest BCUT2D eigenvalue weighted by atomic mass is 10.1. The second kappa shape index (κ2) is 8.45. The minimum atomic E-state index is -4.02. The molecule has 0 aromatic heterocycles. The van der Waals surface area contributed by atoms with Crippen LogP contribution in [0.3, 0.4) is 0 Å². The highest BCUT2D eigenvalue weighted by molar-refractivity contribution is 7.92. The van der Waals surface area contributed by atoms with Crippen LogP contribution in [0.15, 0.2) is 77.7 Å². The van der Waals surface area contributed by atoms with Gasteiger partial charge in [-0.05, 0) is 73.5 Å². The molecule has 0 heterocycles. The Bertz CT molecular complexity index is 1090. The summed E-state index contributed by atoms with van der Waals surface area (Å²) in [6.07, 6.45) is 0. The van der Waals surface area contributed by atoms with Crippen LogP contribution in [0.25, 0.3) is 0 Å². The molecule has 1 N–H and O–H groups in total. The van der Waals surface area contributed by atoms with Gasteiger partial charge in [-0.2, -0.15) is 0 Å². The van der Waals surface area contributed by atoms with Crippen LogP contribution < -0.4 is 9.62 Å². The number of anilines is 2. The van der Waals surface area contributed by atoms with Gasteiger partial charge in [0, 0.05) is 5.69 Å². The monoisotopic (exact) mass is 412 g/mol. The summed E-state index contributed by atoms with van der Waals surface area (Å²) in [5.41, 5.74) is 2.75. The van der Waals surface area contributed by atoms with E-state index in [1.165, 1.54) is 24.3 Å². The zero-order chi connectivity index (χ0) is 21.0. The standard InChI is InChI=1S/C22H21FN2O3S/c1-16-12-17(2)14-19(13-16)24-22(26)15-25(20-10-8-18(23)9-11-20)29(27,28)21-6-4-3-5-7-21/h3-14H,15H2,1-2H3,(H,24,26). The van der Waals surface area contributed by atoms with Gasteiger partial charge in [0.1, 0.15) is 12.4 Å². The number of hydrogen-bond acceptors (Lipinski definition) is 3. The average molecular weight is 412 g/mol. The predicted molar refractivity (Wildman–Crippen MR) is 112 cm³/mol. The van der Waals surface area contributed by atoms with E-state index in [-0.39, 0.29) is 10.6 Å². The molecule has 0 aliphatic carbocycles. The summed E-state index contributed by atoms with van der Waals surface area (Å²) < 4.78 is 40.7. The molecule has 0 bridgehead atoms. The Labute approximate surface area is 169 Å². The topological polar surface area (TPSA) is 66.5 Å². The van der Waals surface area contributed by atoms with Crippen LogP contribution in [-0.4, -0.2) is 20.9 Å². The zero-order valence-electron chi connectivity index (χ0n) is 16.1. The molecule has 3 aromatic rings. The molecule has 0 saturated heterocycles. The summed E-state index contributed by atoms with van der Waals surface area (Å²) in [5, 5.41) is 2.74. The molecule has 0 fully saturated rings. The van der Waals surface area contributed by atoms with Crippen molar-refractivity contribution in [1.29, 1.82) is 0 Å². The number of halogens is 1. The molecule has 5 nitrogen and oxygen atoms in total. The maximum absolute atomic E-state index is 13.3. The van der Waals surface area contributed by atoms with Gasteiger partial charge in [-0.15, -0.1) is 0 Å². The Hall–Kier alpha value is -3.19. The van der Waals surface area contributed by atoms with Gasteiger partial charge in [0.2, 0.25) is 5.91 Å². The minimum absolute atomic E-state index is 0.0449. The van der Waals surface area contributed by atoms with Gasteiger partial charge in [-0.25, -0.2) is 12.8 Å². The van der Waals surface area contributed by atoms with E-state index in [2.05, 4.69) is 5.32 Å². The first-order chi connectivity index (χ1) is 13.8. The predicted octanol–water partition coefficient (Wildman–Crippen LogP) is 4.28. The number of nitrogens with zero attached hydrogens (tertiary/aromatic N) is 1. The Morgan fingerprint density at radius 3 is 2.10 bits per heavy atom. The van der Waals surface area contributed by atoms with E-state index in [0.717, 1.165) is 27.6 Å². The van der Waals surface area contributed by atoms with Crippen molar-refractivity contribution in [3.63, 3.8) is 0 Å². The zero-order valence-corrected chi connectivity index (χ0v) is 16.9. The van der Waals surface area contributed by atoms with Gasteiger partial charge in [0.25, 0.3) is 10.0 Å². The number of aryl methyl sites for hydroxylation is 2. The van der Waals surface area contributed by atoms with E-state index in [9.17, 15) is 17.6 Å². The molecule has 0 aliphatic rings. The van der Waals surface area contributed by atoms with E-state index >= 15 is 0 Å². The lowest BCUT2D eigenvalue weighted by molar-refractivity contribution is -0.114. The van der Waals surface area contributed by atoms with Gasteiger partial charge in [-0.1, -0.05) is 24.3 Å². The molecule has 3 rings (SSSR count). The van der Waals surface area contributed by atoms with Crippen molar-refractivity contribution in [3.05, 3.63) is 89.7 Å². The molecule has 0 atom stereocenters. The van der Waals surface area contributed by atoms with Gasteiger partial charge in [-0.3, -0.25) is 9.10 Å². The first kappa shape index (κ1) is 20.5. The summed E-state index contributed by atoms with van der Waals surface area (Å²) in [6.45, 7) is 3.37. The SMILES string of the molecule is Cc1cc(C)cc(NC(=O)CN(c2ccc(F)cc2)S(=O)(=O)c2ccccc2)c1. The third-order valence-electron chi connectivity index (χ3n) is 4.24. The first-order valence-electron chi connectivity index (χ1n) is 8.97. The molecule has 0 radical (unpaired) electrons. The fraction of sp³-hybridized carbons (Fsp3) is 0.136. The van der Waals surface area contributed by atoms with Crippen molar-refractivity contribution in [2.24, 2.45) is 0 Å². The number of benzene rings is 3. The molecule has 1 amide bonds. The maximum atomic E-state index is 13.3. The van der Waals surface area contributed by atoms with Crippen LogP contribution in [0.1, 0.15) is 11.1 Å². The Balaban J connectivity index is 1.93. The maximum Gasteiger partial charge on any atom is 0.264 e. The highest BCUT2D eigenvalue weighted by atomic mass is 32.2. The van der Waals surface area contributed by atoms with Crippen LogP contribution in [-0.2, 0) is 14.8 Å². The highest BCUT2D eigenvalue weighted by Crippen LogP contribution is 2.24. The average Bonchev–Trinajstić information content (AvgIpc) is 2.67. The summed E-state index contributed by atoms with van der Waals surface area (Å²) in [4.78, 5) is 12.7. The van der Waals surface area contributed by atoms with Crippen molar-refractivity contribution in [2.45, 2.75) is 18.7 Å². The van der Waals surface area contributed by atoms with Crippen LogP contribution >= 0.6 is 0 Å². The number of hydrogen-bond donors (Lipinski definition) is 1. The van der Waals surface area contributed by atoms with Crippen LogP contribution in [0.2, 0.25) is 0 Å². The second-order valence-electron chi connectivity index (χ2n) is 6.73. The highest BCUT2D eigenvalue weighted by Gasteiger charge is 2.27. The Morgan fingerprint density at radius 2 is 1.52 bits per heavy atom. The van der Waals surface area contributed by atoms with Crippen molar-refractivity contribution >= 4 is 27.3 Å². The van der Waals surface area contributed by atoms with E-state index in [4.69, 9.17) is 0 Å². The normalized spacial score (nSPS) is 11.1. The number of sulfonamides is 1. The van der Waals surface area contributed by atoms with Crippen molar-refractivity contribution in [3.8, 4) is 0 Å². The molecule has 0 saturated carbocycles. The van der Waals surface area contributed by atoms with Gasteiger partial charge in [0.15, 0.2) is 0 Å². The fourth-order valence-electron chi connectivity index (χ4n) is 3.02. The fourth-order valence-corrected chi connectivity index (χ4v) is 4.46. The summed E-state index contributed by atoms with van der Waals surface area (Å²) in [5.74, 6) is -0.996. The van der Waals surface area contributed by atoms with Gasteiger partial charge < -0.3 is 5.32 Å². The van der Waals surface area contributed by atoms with Crippen molar-refractivity contribution in [1.82, 2.24) is 0 Å². The van der Waals surface area contributed by atoms with Crippen LogP contribution in [0.5, 0.6) is 0 Å². The second-order valence-corrected chi connectivity index (χ2v) is 8.59. The lowest BCUT2D eigenvalue weighted by Crippen LogP contribution is -2.38. The molecule has 150 valence electrons. The Morgan fingerprint density at radius 1 is 0.931 bits per heavy atom. The summed E-state index contributed by atoms with van der Waals surface area (Å²) in [7, 11) is -4.02. The molecule has 0 unspecified atom stereocenters. The summed E-state index contributed by atoms with van der Waals surface area (Å²) in [6, 6.07) is 18.4.